The SMILES string of the molecule is Oc1cc2c(cc1O)C1(CCNC1)CC2. The van der Waals surface area contributed by atoms with Crippen molar-refractivity contribution in [1.29, 1.82) is 0 Å². The highest BCUT2D eigenvalue weighted by Crippen LogP contribution is 2.46. The summed E-state index contributed by atoms with van der Waals surface area (Å²) in [5.74, 6) is 0.0266. The summed E-state index contributed by atoms with van der Waals surface area (Å²) in [6, 6.07) is 3.47. The van der Waals surface area contributed by atoms with Gasteiger partial charge in [0.15, 0.2) is 11.5 Å². The zero-order valence-corrected chi connectivity index (χ0v) is 8.58. The Morgan fingerprint density at radius 2 is 1.93 bits per heavy atom. The number of phenolic OH excluding ortho intramolecular Hbond substituents is 2. The van der Waals surface area contributed by atoms with Crippen LogP contribution in [0.4, 0.5) is 0 Å². The summed E-state index contributed by atoms with van der Waals surface area (Å²) in [5, 5.41) is 22.4. The number of rotatable bonds is 0. The van der Waals surface area contributed by atoms with Gasteiger partial charge in [-0.05, 0) is 49.1 Å². The molecule has 1 aromatic carbocycles. The van der Waals surface area contributed by atoms with E-state index in [4.69, 9.17) is 0 Å². The predicted molar refractivity (Wildman–Crippen MR) is 57.3 cm³/mol. The van der Waals surface area contributed by atoms with Crippen LogP contribution < -0.4 is 5.32 Å². The zero-order chi connectivity index (χ0) is 10.5. The molecule has 0 amide bonds. The fourth-order valence-electron chi connectivity index (χ4n) is 3.02. The molecule has 2 aliphatic rings. The van der Waals surface area contributed by atoms with Gasteiger partial charge in [0.25, 0.3) is 0 Å². The number of nitrogens with one attached hydrogen (secondary N) is 1. The molecule has 3 heteroatoms. The standard InChI is InChI=1S/C12H15NO2/c14-10-5-8-1-2-12(3-4-13-7-12)9(8)6-11(10)15/h5-6,13-15H,1-4,7H2. The van der Waals surface area contributed by atoms with E-state index in [9.17, 15) is 10.2 Å². The highest BCUT2D eigenvalue weighted by Gasteiger charge is 2.41. The molecule has 1 unspecified atom stereocenters. The Bertz CT molecular complexity index is 408. The molecule has 1 spiro atoms. The summed E-state index contributed by atoms with van der Waals surface area (Å²) >= 11 is 0. The number of phenols is 2. The van der Waals surface area contributed by atoms with Gasteiger partial charge in [0.1, 0.15) is 0 Å². The number of hydrogen-bond acceptors (Lipinski definition) is 3. The summed E-state index contributed by atoms with van der Waals surface area (Å²) in [5.41, 5.74) is 2.66. The summed E-state index contributed by atoms with van der Waals surface area (Å²) in [4.78, 5) is 0. The smallest absolute Gasteiger partial charge is 0.157 e. The first-order valence-electron chi connectivity index (χ1n) is 5.47. The van der Waals surface area contributed by atoms with Gasteiger partial charge in [-0.15, -0.1) is 0 Å². The van der Waals surface area contributed by atoms with Gasteiger partial charge in [-0.1, -0.05) is 0 Å². The lowest BCUT2D eigenvalue weighted by Crippen LogP contribution is -2.25. The Hall–Kier alpha value is -1.22. The van der Waals surface area contributed by atoms with Gasteiger partial charge in [-0.3, -0.25) is 0 Å². The number of fused-ring (bicyclic) bond motifs is 2. The Balaban J connectivity index is 2.13. The van der Waals surface area contributed by atoms with Crippen LogP contribution in [0.5, 0.6) is 11.5 Å². The lowest BCUT2D eigenvalue weighted by molar-refractivity contribution is 0.400. The molecule has 15 heavy (non-hydrogen) atoms. The fourth-order valence-corrected chi connectivity index (χ4v) is 3.02. The van der Waals surface area contributed by atoms with Crippen molar-refractivity contribution in [3.8, 4) is 11.5 Å². The van der Waals surface area contributed by atoms with Crippen LogP contribution in [0.3, 0.4) is 0 Å². The van der Waals surface area contributed by atoms with Crippen molar-refractivity contribution in [2.75, 3.05) is 13.1 Å². The van der Waals surface area contributed by atoms with E-state index in [1.54, 1.807) is 12.1 Å². The molecule has 0 bridgehead atoms. The molecule has 1 heterocycles. The average molecular weight is 205 g/mol. The Labute approximate surface area is 88.7 Å². The molecule has 1 aromatic rings. The maximum absolute atomic E-state index is 9.56. The summed E-state index contributed by atoms with van der Waals surface area (Å²) in [7, 11) is 0. The summed E-state index contributed by atoms with van der Waals surface area (Å²) in [6.45, 7) is 2.06. The monoisotopic (exact) mass is 205 g/mol. The van der Waals surface area contributed by atoms with Crippen LogP contribution in [-0.4, -0.2) is 23.3 Å². The van der Waals surface area contributed by atoms with Gasteiger partial charge in [0, 0.05) is 12.0 Å². The molecular weight excluding hydrogens is 190 g/mol. The third-order valence-electron chi connectivity index (χ3n) is 3.89. The molecule has 0 saturated carbocycles. The van der Waals surface area contributed by atoms with E-state index in [0.29, 0.717) is 0 Å². The van der Waals surface area contributed by atoms with Crippen LogP contribution in [-0.2, 0) is 11.8 Å². The second-order valence-corrected chi connectivity index (χ2v) is 4.71. The van der Waals surface area contributed by atoms with Crippen molar-refractivity contribution in [3.63, 3.8) is 0 Å². The van der Waals surface area contributed by atoms with Crippen molar-refractivity contribution in [1.82, 2.24) is 5.32 Å². The van der Waals surface area contributed by atoms with E-state index in [0.717, 1.165) is 32.4 Å². The minimum atomic E-state index is 0.0109. The molecule has 0 radical (unpaired) electrons. The van der Waals surface area contributed by atoms with Gasteiger partial charge in [0.2, 0.25) is 0 Å². The molecule has 0 aromatic heterocycles. The first kappa shape index (κ1) is 9.04. The van der Waals surface area contributed by atoms with Gasteiger partial charge in [-0.2, -0.15) is 0 Å². The molecule has 1 saturated heterocycles. The summed E-state index contributed by atoms with van der Waals surface area (Å²) in [6.07, 6.45) is 3.30. The van der Waals surface area contributed by atoms with E-state index < -0.39 is 0 Å². The van der Waals surface area contributed by atoms with Crippen molar-refractivity contribution in [3.05, 3.63) is 23.3 Å². The number of benzene rings is 1. The normalized spacial score (nSPS) is 28.5. The minimum absolute atomic E-state index is 0.0109. The topological polar surface area (TPSA) is 52.5 Å². The van der Waals surface area contributed by atoms with Crippen LogP contribution in [0.2, 0.25) is 0 Å². The Morgan fingerprint density at radius 1 is 1.13 bits per heavy atom. The molecule has 3 nitrogen and oxygen atoms in total. The van der Waals surface area contributed by atoms with E-state index in [2.05, 4.69) is 5.32 Å². The summed E-state index contributed by atoms with van der Waals surface area (Å²) < 4.78 is 0. The largest absolute Gasteiger partial charge is 0.504 e. The van der Waals surface area contributed by atoms with E-state index >= 15 is 0 Å². The highest BCUT2D eigenvalue weighted by atomic mass is 16.3. The molecule has 1 aliphatic carbocycles. The van der Waals surface area contributed by atoms with E-state index in [-0.39, 0.29) is 16.9 Å². The molecule has 1 aliphatic heterocycles. The fraction of sp³-hybridized carbons (Fsp3) is 0.500. The lowest BCUT2D eigenvalue weighted by atomic mass is 9.81. The van der Waals surface area contributed by atoms with Crippen molar-refractivity contribution < 1.29 is 10.2 Å². The number of aromatic hydroxyl groups is 2. The first-order chi connectivity index (χ1) is 7.21. The molecular formula is C12H15NO2. The van der Waals surface area contributed by atoms with Crippen LogP contribution in [0, 0.1) is 0 Å². The van der Waals surface area contributed by atoms with E-state index in [1.807, 2.05) is 0 Å². The van der Waals surface area contributed by atoms with Gasteiger partial charge >= 0.3 is 0 Å². The van der Waals surface area contributed by atoms with Crippen molar-refractivity contribution in [2.45, 2.75) is 24.7 Å². The van der Waals surface area contributed by atoms with Crippen molar-refractivity contribution in [2.24, 2.45) is 0 Å². The molecule has 3 N–H and O–H groups in total. The quantitative estimate of drug-likeness (QED) is 0.559. The van der Waals surface area contributed by atoms with Gasteiger partial charge < -0.3 is 15.5 Å². The molecule has 1 fully saturated rings. The third-order valence-corrected chi connectivity index (χ3v) is 3.89. The third kappa shape index (κ3) is 1.16. The second-order valence-electron chi connectivity index (χ2n) is 4.71. The van der Waals surface area contributed by atoms with Crippen LogP contribution in [0.25, 0.3) is 0 Å². The maximum Gasteiger partial charge on any atom is 0.157 e. The highest BCUT2D eigenvalue weighted by molar-refractivity contribution is 5.51. The molecule has 3 rings (SSSR count). The lowest BCUT2D eigenvalue weighted by Gasteiger charge is -2.23. The molecule has 80 valence electrons. The average Bonchev–Trinajstić information content (AvgIpc) is 2.80. The van der Waals surface area contributed by atoms with Gasteiger partial charge in [0.05, 0.1) is 0 Å². The second kappa shape index (κ2) is 2.89. The van der Waals surface area contributed by atoms with Gasteiger partial charge in [-0.25, -0.2) is 0 Å². The zero-order valence-electron chi connectivity index (χ0n) is 8.58. The number of aryl methyl sites for hydroxylation is 1. The molecule has 1 atom stereocenters. The first-order valence-corrected chi connectivity index (χ1v) is 5.47. The van der Waals surface area contributed by atoms with Crippen LogP contribution in [0.1, 0.15) is 24.0 Å². The Morgan fingerprint density at radius 3 is 2.67 bits per heavy atom. The van der Waals surface area contributed by atoms with Crippen LogP contribution >= 0.6 is 0 Å². The van der Waals surface area contributed by atoms with E-state index in [1.165, 1.54) is 11.1 Å². The Kier molecular flexibility index (Phi) is 1.74. The predicted octanol–water partition coefficient (Wildman–Crippen LogP) is 1.28. The minimum Gasteiger partial charge on any atom is -0.504 e. The van der Waals surface area contributed by atoms with Crippen molar-refractivity contribution >= 4 is 0 Å². The maximum atomic E-state index is 9.56. The van der Waals surface area contributed by atoms with Crippen LogP contribution in [0.15, 0.2) is 12.1 Å². The number of hydrogen-bond donors (Lipinski definition) is 3.